The van der Waals surface area contributed by atoms with E-state index in [1.165, 1.54) is 17.2 Å². The lowest BCUT2D eigenvalue weighted by Crippen LogP contribution is -2.58. The third-order valence-electron chi connectivity index (χ3n) is 5.60. The number of hydrogen-bond acceptors (Lipinski definition) is 17. The van der Waals surface area contributed by atoms with Crippen molar-refractivity contribution in [2.45, 2.75) is 55.2 Å². The third kappa shape index (κ3) is 5.93. The molecule has 9 N–H and O–H groups in total. The van der Waals surface area contributed by atoms with E-state index in [1.807, 2.05) is 0 Å². The van der Waals surface area contributed by atoms with E-state index in [-0.39, 0.29) is 17.0 Å². The second-order valence-electron chi connectivity index (χ2n) is 8.00. The number of aliphatic hydroxyl groups is 6. The van der Waals surface area contributed by atoms with E-state index in [1.54, 1.807) is 0 Å². The van der Waals surface area contributed by atoms with Crippen LogP contribution in [-0.2, 0) is 32.0 Å². The molecule has 0 saturated carbocycles. The number of nitrogens with two attached hydrogens (primary N) is 1. The van der Waals surface area contributed by atoms with Crippen molar-refractivity contribution >= 4 is 39.8 Å². The average molecular weight is 586 g/mol. The van der Waals surface area contributed by atoms with Gasteiger partial charge in [0.2, 0.25) is 0 Å². The van der Waals surface area contributed by atoms with Crippen molar-refractivity contribution in [3.63, 3.8) is 0 Å². The molecule has 4 rings (SSSR count). The molecule has 4 heterocycles. The fourth-order valence-corrected chi connectivity index (χ4v) is 5.42. The molecule has 0 radical (unpaired) electrons. The molecule has 2 aromatic rings. The summed E-state index contributed by atoms with van der Waals surface area (Å²) in [7, 11) is -10.9. The van der Waals surface area contributed by atoms with E-state index < -0.39 is 91.3 Å². The number of rotatable bonds is 9. The maximum Gasteiger partial charge on any atom is 0.479 e. The van der Waals surface area contributed by atoms with Gasteiger partial charge in [-0.05, 0) is 0 Å². The van der Waals surface area contributed by atoms with Crippen LogP contribution < -0.4 is 5.73 Å². The molecule has 0 aromatic carbocycles. The summed E-state index contributed by atoms with van der Waals surface area (Å²) < 4.78 is 51.7. The number of phosphoric acid groups is 1. The van der Waals surface area contributed by atoms with Gasteiger partial charge in [-0.15, -0.1) is 0 Å². The fraction of sp³-hybridized carbons (Fsp3) is 0.688. The summed E-state index contributed by atoms with van der Waals surface area (Å²) in [6.07, 6.45) is -12.2. The highest BCUT2D eigenvalue weighted by molar-refractivity contribution is 7.83. The monoisotopic (exact) mass is 586 g/mol. The van der Waals surface area contributed by atoms with E-state index >= 15 is 0 Å². The second-order valence-corrected chi connectivity index (χ2v) is 10.5. The zero-order valence-corrected chi connectivity index (χ0v) is 20.3. The highest BCUT2D eigenvalue weighted by Gasteiger charge is 2.48. The van der Waals surface area contributed by atoms with Gasteiger partial charge in [0.15, 0.2) is 31.5 Å². The molecule has 0 amide bonds. The largest absolute Gasteiger partial charge is 0.479 e. The van der Waals surface area contributed by atoms with Gasteiger partial charge in [-0.2, -0.15) is 0 Å². The van der Waals surface area contributed by atoms with Crippen molar-refractivity contribution in [3.05, 3.63) is 12.7 Å². The molecule has 11 atom stereocenters. The van der Waals surface area contributed by atoms with Gasteiger partial charge in [0.25, 0.3) is 0 Å². The average Bonchev–Trinajstić information content (AvgIpc) is 3.39. The number of nitrogen functional groups attached to an aromatic ring is 1. The quantitative estimate of drug-likeness (QED) is 0.101. The summed E-state index contributed by atoms with van der Waals surface area (Å²) in [6, 6.07) is 0. The fourth-order valence-electron chi connectivity index (χ4n) is 3.70. The lowest BCUT2D eigenvalue weighted by molar-refractivity contribution is -0.280. The van der Waals surface area contributed by atoms with Gasteiger partial charge in [-0.1, -0.05) is 0 Å². The number of hydrogen-bond donors (Lipinski definition) is 8. The molecule has 22 heteroatoms. The summed E-state index contributed by atoms with van der Waals surface area (Å²) >= 11 is 0. The SMILES string of the molecule is [BH3-][P@@](=O)(OC[C@H]1O[C@@H](n2cnc3c(N)ncnc32)[C@@H](O)C1O)OP(=O)(O)O[C@@H]1OC(CO)[C@@H](O)[C@H](O)C1O. The van der Waals surface area contributed by atoms with Crippen LogP contribution >= 0.6 is 15.3 Å². The Morgan fingerprint density at radius 3 is 2.37 bits per heavy atom. The molecule has 38 heavy (non-hydrogen) atoms. The summed E-state index contributed by atoms with van der Waals surface area (Å²) in [5.74, 6) is 0.0824. The smallest absolute Gasteiger partial charge is 0.394 e. The minimum atomic E-state index is -5.25. The van der Waals surface area contributed by atoms with E-state index in [0.29, 0.717) is 0 Å². The number of aliphatic hydroxyl groups excluding tert-OH is 6. The third-order valence-corrected chi connectivity index (χ3v) is 7.79. The topological polar surface area (TPSA) is 292 Å². The molecule has 0 spiro atoms. The molecule has 19 nitrogen and oxygen atoms in total. The van der Waals surface area contributed by atoms with E-state index in [2.05, 4.69) is 23.8 Å². The Bertz CT molecular complexity index is 1240. The highest BCUT2D eigenvalue weighted by Crippen LogP contribution is 2.61. The van der Waals surface area contributed by atoms with Gasteiger partial charge in [-0.25, -0.2) is 23.8 Å². The lowest BCUT2D eigenvalue weighted by atomic mass is 10.00. The summed E-state index contributed by atoms with van der Waals surface area (Å²) in [4.78, 5) is 22.0. The molecule has 2 saturated heterocycles. The highest BCUT2D eigenvalue weighted by atomic mass is 31.3. The summed E-state index contributed by atoms with van der Waals surface area (Å²) in [5, 5.41) is 59.7. The Balaban J connectivity index is 1.38. The number of anilines is 1. The van der Waals surface area contributed by atoms with Gasteiger partial charge >= 0.3 is 7.82 Å². The second kappa shape index (κ2) is 11.1. The van der Waals surface area contributed by atoms with Crippen molar-refractivity contribution in [3.8, 4) is 0 Å². The van der Waals surface area contributed by atoms with Crippen LogP contribution in [0.3, 0.4) is 0 Å². The Morgan fingerprint density at radius 2 is 1.68 bits per heavy atom. The first-order valence-corrected chi connectivity index (χ1v) is 13.1. The minimum Gasteiger partial charge on any atom is -0.394 e. The number of fused-ring (bicyclic) bond motifs is 1. The summed E-state index contributed by atoms with van der Waals surface area (Å²) in [6.45, 7) is -1.44. The molecule has 2 aliphatic rings. The predicted octanol–water partition coefficient (Wildman–Crippen LogP) is -4.55. The Labute approximate surface area is 214 Å². The number of imidazole rings is 1. The molecule has 4 unspecified atom stereocenters. The van der Waals surface area contributed by atoms with Crippen LogP contribution in [0.25, 0.3) is 11.2 Å². The molecule has 2 aliphatic heterocycles. The van der Waals surface area contributed by atoms with E-state index in [0.717, 1.165) is 0 Å². The number of aromatic nitrogens is 4. The van der Waals surface area contributed by atoms with E-state index in [9.17, 15) is 44.7 Å². The van der Waals surface area contributed by atoms with Gasteiger partial charge in [0.1, 0.15) is 54.6 Å². The minimum absolute atomic E-state index is 0.0824. The zero-order chi connectivity index (χ0) is 28.0. The van der Waals surface area contributed by atoms with Gasteiger partial charge in [0, 0.05) is 0 Å². The normalized spacial score (nSPS) is 37.2. The van der Waals surface area contributed by atoms with Crippen LogP contribution in [0.15, 0.2) is 12.7 Å². The van der Waals surface area contributed by atoms with Crippen LogP contribution in [0.1, 0.15) is 6.23 Å². The van der Waals surface area contributed by atoms with Gasteiger partial charge in [0.05, 0.1) is 27.1 Å². The van der Waals surface area contributed by atoms with Crippen LogP contribution in [0.2, 0.25) is 0 Å². The Kier molecular flexibility index (Phi) is 8.59. The van der Waals surface area contributed by atoms with Gasteiger partial charge < -0.3 is 59.8 Å². The van der Waals surface area contributed by atoms with Crippen LogP contribution in [0.4, 0.5) is 5.82 Å². The molecule has 0 bridgehead atoms. The zero-order valence-electron chi connectivity index (χ0n) is 18.5. The van der Waals surface area contributed by atoms with Crippen LogP contribution in [-0.4, -0.2) is 125 Å². The molecular formula is C16H27BN5O14P2-. The van der Waals surface area contributed by atoms with Crippen molar-refractivity contribution in [1.29, 1.82) is 0 Å². The molecule has 214 valence electrons. The van der Waals surface area contributed by atoms with Gasteiger partial charge in [-0.3, -0.25) is 9.09 Å². The lowest BCUT2D eigenvalue weighted by Gasteiger charge is -2.39. The molecular weight excluding hydrogens is 559 g/mol. The Hall–Kier alpha value is -1.61. The van der Waals surface area contributed by atoms with E-state index in [4.69, 9.17) is 19.7 Å². The standard InChI is InChI=1S/C16H27BN5O14P2/c17-37(29,36-38(30,31)35-16-12(28)10(26)8(24)5(1-23)34-16)32-2-6-9(25)11(27)15(33-6)22-4-21-7-13(18)19-3-20-14(7)22/h3-6,8-12,15-16,23-28H,1-2H2,17H3,(H,30,31)(H2,18,19,20)/q-1/t5?,6-,8-,9?,10+,11+,12?,15-,16+,37-/m1/s1. The Morgan fingerprint density at radius 1 is 1.00 bits per heavy atom. The summed E-state index contributed by atoms with van der Waals surface area (Å²) in [5.41, 5.74) is 6.20. The maximum absolute atomic E-state index is 12.8. The van der Waals surface area contributed by atoms with Crippen molar-refractivity contribution in [2.24, 2.45) is 0 Å². The first-order chi connectivity index (χ1) is 17.7. The van der Waals surface area contributed by atoms with Crippen LogP contribution in [0.5, 0.6) is 0 Å². The number of nitrogens with zero attached hydrogens (tertiary/aromatic N) is 4. The molecule has 2 fully saturated rings. The number of ether oxygens (including phenoxy) is 2. The number of phosphoric ester groups is 1. The molecule has 0 aliphatic carbocycles. The molecule has 2 aromatic heterocycles. The maximum atomic E-state index is 12.8. The van der Waals surface area contributed by atoms with Crippen LogP contribution in [0, 0.1) is 0 Å². The predicted molar refractivity (Wildman–Crippen MR) is 125 cm³/mol. The van der Waals surface area contributed by atoms with Crippen molar-refractivity contribution in [2.75, 3.05) is 18.9 Å². The first-order valence-electron chi connectivity index (χ1n) is 10.5. The van der Waals surface area contributed by atoms with Crippen molar-refractivity contribution < 1.29 is 67.5 Å². The first kappa shape index (κ1) is 29.4. The van der Waals surface area contributed by atoms with Crippen molar-refractivity contribution in [1.82, 2.24) is 19.5 Å².